The van der Waals surface area contributed by atoms with E-state index in [4.69, 9.17) is 9.47 Å². The maximum absolute atomic E-state index is 14.9. The Bertz CT molecular complexity index is 1500. The summed E-state index contributed by atoms with van der Waals surface area (Å²) in [6, 6.07) is 7.03. The molecule has 7 heteroatoms. The zero-order valence-electron chi connectivity index (χ0n) is 20.3. The average Bonchev–Trinajstić information content (AvgIpc) is 3.35. The van der Waals surface area contributed by atoms with E-state index in [9.17, 15) is 14.6 Å². The number of aryl methyl sites for hydroxylation is 1. The number of piperidine rings is 1. The highest BCUT2D eigenvalue weighted by Crippen LogP contribution is 2.69. The molecule has 2 aromatic carbocycles. The summed E-state index contributed by atoms with van der Waals surface area (Å²) in [5.74, 6) is 1.06. The minimum absolute atomic E-state index is 0.113. The Morgan fingerprint density at radius 1 is 1.31 bits per heavy atom. The van der Waals surface area contributed by atoms with Gasteiger partial charge in [0.1, 0.15) is 5.82 Å². The van der Waals surface area contributed by atoms with Crippen molar-refractivity contribution in [1.82, 2.24) is 9.47 Å². The van der Waals surface area contributed by atoms with Gasteiger partial charge in [-0.05, 0) is 48.6 Å². The molecule has 5 aliphatic rings. The number of halogens is 1. The quantitative estimate of drug-likeness (QED) is 0.551. The van der Waals surface area contributed by atoms with Crippen molar-refractivity contribution in [3.8, 4) is 11.5 Å². The van der Waals surface area contributed by atoms with Crippen LogP contribution in [0.1, 0.15) is 53.0 Å². The van der Waals surface area contributed by atoms with Gasteiger partial charge in [-0.15, -0.1) is 6.58 Å². The first kappa shape index (κ1) is 21.2. The zero-order valence-corrected chi connectivity index (χ0v) is 20.3. The van der Waals surface area contributed by atoms with Crippen molar-refractivity contribution >= 4 is 10.9 Å². The Hall–Kier alpha value is -2.87. The maximum Gasteiger partial charge on any atom is 0.166 e. The van der Waals surface area contributed by atoms with Crippen molar-refractivity contribution in [3.63, 3.8) is 0 Å². The number of hydrogen-bond acceptors (Lipinski definition) is 5. The number of ether oxygens (including phenoxy) is 2. The van der Waals surface area contributed by atoms with E-state index in [0.717, 1.165) is 46.4 Å². The van der Waals surface area contributed by atoms with E-state index in [1.54, 1.807) is 13.2 Å². The second kappa shape index (κ2) is 6.71. The molecule has 0 amide bonds. The number of hydrogen-bond donors (Lipinski definition) is 2. The number of rotatable bonds is 3. The van der Waals surface area contributed by atoms with Crippen LogP contribution in [0.3, 0.4) is 0 Å². The Kier molecular flexibility index (Phi) is 3.96. The van der Waals surface area contributed by atoms with Crippen LogP contribution in [0.5, 0.6) is 11.5 Å². The molecule has 5 atom stereocenters. The third kappa shape index (κ3) is 2.17. The molecule has 0 radical (unpaired) electrons. The summed E-state index contributed by atoms with van der Waals surface area (Å²) in [4.78, 5) is 2.35. The highest BCUT2D eigenvalue weighted by atomic mass is 19.1. The van der Waals surface area contributed by atoms with E-state index < -0.39 is 23.2 Å². The Morgan fingerprint density at radius 2 is 2.17 bits per heavy atom. The fourth-order valence-electron chi connectivity index (χ4n) is 8.56. The Labute approximate surface area is 208 Å². The highest BCUT2D eigenvalue weighted by molar-refractivity contribution is 5.90. The molecular weight excluding hydrogens is 459 g/mol. The van der Waals surface area contributed by atoms with Crippen LogP contribution in [0, 0.1) is 5.82 Å². The third-order valence-corrected chi connectivity index (χ3v) is 9.87. The summed E-state index contributed by atoms with van der Waals surface area (Å²) >= 11 is 0. The van der Waals surface area contributed by atoms with Crippen LogP contribution in [0.4, 0.5) is 4.39 Å². The van der Waals surface area contributed by atoms with Crippen LogP contribution in [-0.2, 0) is 24.8 Å². The van der Waals surface area contributed by atoms with E-state index in [0.29, 0.717) is 43.7 Å². The van der Waals surface area contributed by atoms with Crippen LogP contribution in [0.25, 0.3) is 10.9 Å². The molecule has 3 aromatic rings. The normalized spacial score (nSPS) is 33.2. The highest BCUT2D eigenvalue weighted by Gasteiger charge is 2.73. The van der Waals surface area contributed by atoms with E-state index in [1.165, 1.54) is 11.6 Å². The van der Waals surface area contributed by atoms with Crippen LogP contribution in [0.2, 0.25) is 0 Å². The Morgan fingerprint density at radius 3 is 2.97 bits per heavy atom. The van der Waals surface area contributed by atoms with Gasteiger partial charge in [0, 0.05) is 48.6 Å². The summed E-state index contributed by atoms with van der Waals surface area (Å²) in [5, 5.41) is 24.5. The molecule has 1 fully saturated rings. The van der Waals surface area contributed by atoms with Gasteiger partial charge >= 0.3 is 0 Å². The molecule has 2 bridgehead atoms. The lowest BCUT2D eigenvalue weighted by molar-refractivity contribution is -0.171. The molecule has 8 rings (SSSR count). The lowest BCUT2D eigenvalue weighted by Gasteiger charge is -2.62. The Balaban J connectivity index is 1.48. The summed E-state index contributed by atoms with van der Waals surface area (Å²) < 4.78 is 29.7. The monoisotopic (exact) mass is 488 g/mol. The number of benzene rings is 2. The predicted molar refractivity (Wildman–Crippen MR) is 132 cm³/mol. The summed E-state index contributed by atoms with van der Waals surface area (Å²) in [6.45, 7) is 6.14. The molecular formula is C29H29FN2O4. The van der Waals surface area contributed by atoms with E-state index in [2.05, 4.69) is 22.1 Å². The molecule has 0 unspecified atom stereocenters. The number of aromatic nitrogens is 1. The van der Waals surface area contributed by atoms with Crippen molar-refractivity contribution in [2.75, 3.05) is 20.2 Å². The van der Waals surface area contributed by atoms with Crippen molar-refractivity contribution in [3.05, 3.63) is 70.7 Å². The molecule has 36 heavy (non-hydrogen) atoms. The van der Waals surface area contributed by atoms with Crippen molar-refractivity contribution in [2.24, 2.45) is 0 Å². The minimum atomic E-state index is -1.10. The first-order valence-electron chi connectivity index (χ1n) is 12.9. The van der Waals surface area contributed by atoms with Gasteiger partial charge in [0.15, 0.2) is 17.6 Å². The van der Waals surface area contributed by atoms with Crippen molar-refractivity contribution < 1.29 is 24.1 Å². The van der Waals surface area contributed by atoms with Gasteiger partial charge in [0.2, 0.25) is 0 Å². The molecule has 0 saturated carbocycles. The van der Waals surface area contributed by atoms with E-state index >= 15 is 0 Å². The molecule has 186 valence electrons. The molecule has 2 aliphatic carbocycles. The summed E-state index contributed by atoms with van der Waals surface area (Å²) in [5.41, 5.74) is 4.05. The second-order valence-electron chi connectivity index (χ2n) is 11.2. The number of nitrogens with zero attached hydrogens (tertiary/aromatic N) is 2. The maximum atomic E-state index is 14.9. The number of fused-ring (bicyclic) bond motifs is 4. The first-order valence-corrected chi connectivity index (χ1v) is 12.9. The summed E-state index contributed by atoms with van der Waals surface area (Å²) in [6.07, 6.45) is 3.18. The lowest BCUT2D eigenvalue weighted by atomic mass is 9.49. The molecule has 4 heterocycles. The topological polar surface area (TPSA) is 67.1 Å². The third-order valence-electron chi connectivity index (χ3n) is 9.87. The molecule has 6 nitrogen and oxygen atoms in total. The number of aliphatic hydroxyl groups is 2. The van der Waals surface area contributed by atoms with Gasteiger partial charge < -0.3 is 24.3 Å². The largest absolute Gasteiger partial charge is 0.493 e. The fourth-order valence-corrected chi connectivity index (χ4v) is 8.56. The molecule has 3 aliphatic heterocycles. The second-order valence-corrected chi connectivity index (χ2v) is 11.2. The average molecular weight is 489 g/mol. The van der Waals surface area contributed by atoms with Crippen LogP contribution >= 0.6 is 0 Å². The summed E-state index contributed by atoms with van der Waals surface area (Å²) in [7, 11) is 1.66. The SMILES string of the molecule is C=CCN1CC[C@]23c4c5ccc(OC)c4O[C@H]2c2c(c4cc(F)cc6c4n2CC[C@H]6O)C[C@@]3(O)[C@@H]1C5. The van der Waals surface area contributed by atoms with Gasteiger partial charge in [0.25, 0.3) is 0 Å². The van der Waals surface area contributed by atoms with Gasteiger partial charge in [-0.2, -0.15) is 0 Å². The molecule has 2 N–H and O–H groups in total. The molecule has 1 saturated heterocycles. The number of methoxy groups -OCH3 is 1. The first-order chi connectivity index (χ1) is 17.4. The van der Waals surface area contributed by atoms with Gasteiger partial charge in [0.05, 0.1) is 35.4 Å². The van der Waals surface area contributed by atoms with E-state index in [-0.39, 0.29) is 11.9 Å². The molecule has 1 aromatic heterocycles. The standard InChI is InChI=1S/C29H29FN2O4/c1-3-8-31-10-7-28-23-15-4-5-21(35-2)26(23)36-27(28)25-19(14-29(28,34)22(31)11-15)17-12-16(30)13-18-20(33)6-9-32(25)24(17)18/h3-5,12-13,20,22,27,33-34H,1,6-11,14H2,2H3/t20-,22+,27+,28+,29-/m1/s1. The van der Waals surface area contributed by atoms with E-state index in [1.807, 2.05) is 12.1 Å². The lowest BCUT2D eigenvalue weighted by Crippen LogP contribution is -2.74. The van der Waals surface area contributed by atoms with Gasteiger partial charge in [-0.3, -0.25) is 4.90 Å². The fraction of sp³-hybridized carbons (Fsp3) is 0.448. The minimum Gasteiger partial charge on any atom is -0.493 e. The number of aliphatic hydroxyl groups excluding tert-OH is 1. The molecule has 1 spiro atoms. The van der Waals surface area contributed by atoms with Crippen LogP contribution in [-0.4, -0.2) is 51.5 Å². The predicted octanol–water partition coefficient (Wildman–Crippen LogP) is 3.70. The zero-order chi connectivity index (χ0) is 24.6. The number of likely N-dealkylation sites (tertiary alicyclic amines) is 1. The smallest absolute Gasteiger partial charge is 0.166 e. The van der Waals surface area contributed by atoms with Crippen LogP contribution in [0.15, 0.2) is 36.9 Å². The van der Waals surface area contributed by atoms with Gasteiger partial charge in [-0.1, -0.05) is 12.1 Å². The van der Waals surface area contributed by atoms with Crippen LogP contribution < -0.4 is 9.47 Å². The van der Waals surface area contributed by atoms with Crippen molar-refractivity contribution in [1.29, 1.82) is 0 Å². The van der Waals surface area contributed by atoms with Crippen molar-refractivity contribution in [2.45, 2.75) is 61.5 Å². The van der Waals surface area contributed by atoms with Gasteiger partial charge in [-0.25, -0.2) is 4.39 Å².